The zero-order chi connectivity index (χ0) is 26.4. The van der Waals surface area contributed by atoms with Gasteiger partial charge in [0.2, 0.25) is 0 Å². The van der Waals surface area contributed by atoms with Gasteiger partial charge in [-0.2, -0.15) is 4.36 Å². The largest absolute Gasteiger partial charge is 0.497 e. The molecule has 1 saturated heterocycles. The molecule has 10 nitrogen and oxygen atoms in total. The number of β-amino-alcohol motifs (C(OH)–C–C–N with tert-alkyl or cyclic N) is 1. The molecule has 0 aliphatic carbocycles. The number of benzene rings is 2. The molecular weight excluding hydrogens is 496 g/mol. The van der Waals surface area contributed by atoms with Crippen LogP contribution < -0.4 is 9.47 Å². The van der Waals surface area contributed by atoms with Gasteiger partial charge in [-0.3, -0.25) is 18.9 Å². The minimum atomic E-state index is -2.20. The van der Waals surface area contributed by atoms with E-state index >= 15 is 0 Å². The van der Waals surface area contributed by atoms with Crippen molar-refractivity contribution in [2.45, 2.75) is 18.6 Å². The first kappa shape index (κ1) is 26.8. The van der Waals surface area contributed by atoms with Crippen molar-refractivity contribution in [3.63, 3.8) is 0 Å². The van der Waals surface area contributed by atoms with Gasteiger partial charge in [0.05, 0.1) is 26.4 Å². The zero-order valence-corrected chi connectivity index (χ0v) is 22.0. The number of hydrogen-bond donors (Lipinski definition) is 2. The van der Waals surface area contributed by atoms with Crippen molar-refractivity contribution >= 4 is 33.4 Å². The molecular formula is C26H32N4O6S. The Bertz CT molecular complexity index is 1330. The number of carbonyl (C=O) groups excluding carboxylic acids is 1. The summed E-state index contributed by atoms with van der Waals surface area (Å²) in [5.41, 5.74) is 1.85. The number of ether oxygens (including phenoxy) is 2. The third kappa shape index (κ3) is 6.55. The Morgan fingerprint density at radius 2 is 2.11 bits per heavy atom. The zero-order valence-electron chi connectivity index (χ0n) is 21.1. The molecule has 1 N–H and O–H groups in total. The van der Waals surface area contributed by atoms with E-state index in [0.717, 1.165) is 12.1 Å². The van der Waals surface area contributed by atoms with Crippen molar-refractivity contribution in [3.8, 4) is 11.5 Å². The number of fused-ring (bicyclic) bond motifs is 1. The number of likely N-dealkylation sites (N-methyl/N-ethyl adjacent to an activating group) is 1. The average Bonchev–Trinajstić information content (AvgIpc) is 3.35. The van der Waals surface area contributed by atoms with Gasteiger partial charge in [0, 0.05) is 38.3 Å². The topological polar surface area (TPSA) is 114 Å². The maximum absolute atomic E-state index is 13.3. The number of likely N-dealkylation sites (tertiary alicyclic amines) is 1. The van der Waals surface area contributed by atoms with E-state index in [2.05, 4.69) is 14.2 Å². The van der Waals surface area contributed by atoms with Crippen LogP contribution in [-0.2, 0) is 19.9 Å². The predicted octanol–water partition coefficient (Wildman–Crippen LogP) is 2.75. The number of carbonyl (C=O) groups is 1. The summed E-state index contributed by atoms with van der Waals surface area (Å²) in [5.74, 6) is 0.971. The van der Waals surface area contributed by atoms with E-state index in [4.69, 9.17) is 13.7 Å². The fourth-order valence-corrected chi connectivity index (χ4v) is 4.82. The number of aromatic nitrogens is 1. The first-order valence-corrected chi connectivity index (χ1v) is 13.1. The molecule has 0 radical (unpaired) electrons. The van der Waals surface area contributed by atoms with Gasteiger partial charge in [0.15, 0.2) is 17.5 Å². The molecule has 1 aliphatic rings. The number of nitrogens with zero attached hydrogens (tertiary/aromatic N) is 4. The van der Waals surface area contributed by atoms with Crippen molar-refractivity contribution in [2.24, 2.45) is 4.36 Å². The number of methoxy groups -OCH3 is 1. The smallest absolute Gasteiger partial charge is 0.260 e. The lowest BCUT2D eigenvalue weighted by Crippen LogP contribution is -2.41. The monoisotopic (exact) mass is 528 g/mol. The molecule has 37 heavy (non-hydrogen) atoms. The Hall–Kier alpha value is -3.25. The van der Waals surface area contributed by atoms with Crippen LogP contribution in [0.4, 0.5) is 5.69 Å². The van der Waals surface area contributed by atoms with E-state index in [-0.39, 0.29) is 24.7 Å². The molecule has 198 valence electrons. The molecule has 4 rings (SSSR count). The summed E-state index contributed by atoms with van der Waals surface area (Å²) >= 11 is 0. The summed E-state index contributed by atoms with van der Waals surface area (Å²) in [7, 11) is 2.48. The van der Waals surface area contributed by atoms with E-state index < -0.39 is 10.9 Å². The lowest BCUT2D eigenvalue weighted by Gasteiger charge is -2.32. The minimum absolute atomic E-state index is 0.188. The Kier molecular flexibility index (Phi) is 8.93. The highest BCUT2D eigenvalue weighted by Gasteiger charge is 2.28. The van der Waals surface area contributed by atoms with E-state index in [1.54, 1.807) is 43.5 Å². The van der Waals surface area contributed by atoms with Crippen LogP contribution in [-0.4, -0.2) is 83.6 Å². The second kappa shape index (κ2) is 12.3. The molecule has 2 heterocycles. The summed E-state index contributed by atoms with van der Waals surface area (Å²) in [5, 5.41) is 10.6. The molecule has 1 aromatic heterocycles. The molecule has 0 spiro atoms. The number of pyridine rings is 1. The summed E-state index contributed by atoms with van der Waals surface area (Å²) in [6, 6.07) is 14.3. The highest BCUT2D eigenvalue weighted by atomic mass is 32.2. The van der Waals surface area contributed by atoms with E-state index in [1.165, 1.54) is 7.11 Å². The van der Waals surface area contributed by atoms with Crippen molar-refractivity contribution in [1.29, 1.82) is 0 Å². The van der Waals surface area contributed by atoms with Crippen molar-refractivity contribution in [1.82, 2.24) is 14.8 Å². The van der Waals surface area contributed by atoms with Crippen LogP contribution in [0.15, 0.2) is 59.1 Å². The Balaban J connectivity index is 1.54. The lowest BCUT2D eigenvalue weighted by atomic mass is 10.0. The predicted molar refractivity (Wildman–Crippen MR) is 141 cm³/mol. The SMILES string of the molecule is COc1cccc(C(CN2CC[C@H](O)C2)N(C)C(=O)COc2ccc(N=[SH](=O)OC)c3ncccc23)c1. The van der Waals surface area contributed by atoms with Crippen LogP contribution in [0.2, 0.25) is 0 Å². The Labute approximate surface area is 218 Å². The van der Waals surface area contributed by atoms with Crippen LogP contribution in [0.3, 0.4) is 0 Å². The molecule has 3 atom stereocenters. The van der Waals surface area contributed by atoms with Gasteiger partial charge >= 0.3 is 0 Å². The van der Waals surface area contributed by atoms with E-state index in [0.29, 0.717) is 47.6 Å². The lowest BCUT2D eigenvalue weighted by molar-refractivity contribution is -0.134. The van der Waals surface area contributed by atoms with Gasteiger partial charge in [0.1, 0.15) is 22.7 Å². The summed E-state index contributed by atoms with van der Waals surface area (Å²) in [4.78, 5) is 21.5. The first-order chi connectivity index (χ1) is 17.9. The number of aliphatic hydroxyl groups excluding tert-OH is 1. The summed E-state index contributed by atoms with van der Waals surface area (Å²) in [6.07, 6.45) is 1.97. The molecule has 3 aromatic rings. The number of thiol groups is 1. The molecule has 0 bridgehead atoms. The van der Waals surface area contributed by atoms with Crippen LogP contribution in [0.25, 0.3) is 10.9 Å². The summed E-state index contributed by atoms with van der Waals surface area (Å²) < 4.78 is 32.0. The van der Waals surface area contributed by atoms with Crippen molar-refractivity contribution < 1.29 is 27.8 Å². The fraction of sp³-hybridized carbons (Fsp3) is 0.385. The van der Waals surface area contributed by atoms with Crippen LogP contribution in [0.1, 0.15) is 18.0 Å². The highest BCUT2D eigenvalue weighted by Crippen LogP contribution is 2.32. The van der Waals surface area contributed by atoms with Gasteiger partial charge in [-0.1, -0.05) is 12.1 Å². The summed E-state index contributed by atoms with van der Waals surface area (Å²) in [6.45, 7) is 1.73. The van der Waals surface area contributed by atoms with Gasteiger partial charge in [0.25, 0.3) is 5.91 Å². The molecule has 2 unspecified atom stereocenters. The standard InChI is InChI=1S/C26H32N4O6S/c1-29(23(16-30-13-11-19(31)15-30)18-6-4-7-20(14-18)34-2)25(32)17-36-24-10-9-22(28-37(33)35-3)26-21(24)8-5-12-27-26/h4-10,12,14,19,23,31,37H,11,13,15-17H2,1-3H3/t19-,23?/m0/s1. The minimum Gasteiger partial charge on any atom is -0.497 e. The normalized spacial score (nSPS) is 17.6. The molecule has 11 heteroatoms. The number of amides is 1. The second-order valence-corrected chi connectivity index (χ2v) is 9.83. The molecule has 1 amide bonds. The third-order valence-corrected chi connectivity index (χ3v) is 7.11. The maximum atomic E-state index is 13.3. The van der Waals surface area contributed by atoms with Crippen LogP contribution in [0, 0.1) is 0 Å². The van der Waals surface area contributed by atoms with E-state index in [1.807, 2.05) is 30.3 Å². The number of hydrogen-bond acceptors (Lipinski definition) is 9. The van der Waals surface area contributed by atoms with Crippen LogP contribution in [0.5, 0.6) is 11.5 Å². The maximum Gasteiger partial charge on any atom is 0.260 e. The van der Waals surface area contributed by atoms with Gasteiger partial charge in [-0.05, 0) is 48.4 Å². The third-order valence-electron chi connectivity index (χ3n) is 6.42. The quantitative estimate of drug-likeness (QED) is 0.386. The van der Waals surface area contributed by atoms with Gasteiger partial charge < -0.3 is 19.5 Å². The van der Waals surface area contributed by atoms with Crippen molar-refractivity contribution in [3.05, 3.63) is 60.3 Å². The van der Waals surface area contributed by atoms with E-state index in [9.17, 15) is 14.1 Å². The van der Waals surface area contributed by atoms with Crippen LogP contribution >= 0.6 is 0 Å². The number of aliphatic hydroxyl groups is 1. The Morgan fingerprint density at radius 3 is 2.84 bits per heavy atom. The highest BCUT2D eigenvalue weighted by molar-refractivity contribution is 7.69. The van der Waals surface area contributed by atoms with Gasteiger partial charge in [-0.15, -0.1) is 0 Å². The van der Waals surface area contributed by atoms with Crippen molar-refractivity contribution in [2.75, 3.05) is 47.5 Å². The second-order valence-electron chi connectivity index (χ2n) is 8.79. The average molecular weight is 529 g/mol. The fourth-order valence-electron chi connectivity index (χ4n) is 4.40. The van der Waals surface area contributed by atoms with Gasteiger partial charge in [-0.25, -0.2) is 4.21 Å². The first-order valence-electron chi connectivity index (χ1n) is 11.9. The molecule has 0 saturated carbocycles. The number of rotatable bonds is 10. The molecule has 1 aliphatic heterocycles. The molecule has 2 aromatic carbocycles. The molecule has 1 fully saturated rings. The Morgan fingerprint density at radius 1 is 1.27 bits per heavy atom.